The van der Waals surface area contributed by atoms with Gasteiger partial charge in [0.15, 0.2) is 0 Å². The minimum absolute atomic E-state index is 0.0169. The first-order chi connectivity index (χ1) is 14.3. The zero-order chi connectivity index (χ0) is 22.8. The van der Waals surface area contributed by atoms with E-state index < -0.39 is 22.8 Å². The molecule has 1 saturated heterocycles. The predicted octanol–water partition coefficient (Wildman–Crippen LogP) is 3.68. The van der Waals surface area contributed by atoms with E-state index in [-0.39, 0.29) is 36.5 Å². The normalized spacial score (nSPS) is 31.8. The molecule has 1 aliphatic carbocycles. The third kappa shape index (κ3) is 4.09. The number of pyridine rings is 1. The van der Waals surface area contributed by atoms with Crippen LogP contribution in [-0.4, -0.2) is 44.6 Å². The van der Waals surface area contributed by atoms with Gasteiger partial charge in [0.25, 0.3) is 0 Å². The number of rotatable bonds is 4. The van der Waals surface area contributed by atoms with Gasteiger partial charge in [-0.3, -0.25) is 9.78 Å². The molecule has 0 aromatic carbocycles. The molecule has 2 aliphatic heterocycles. The van der Waals surface area contributed by atoms with E-state index >= 15 is 0 Å². The summed E-state index contributed by atoms with van der Waals surface area (Å²) in [5.41, 5.74) is -0.794. The van der Waals surface area contributed by atoms with Crippen molar-refractivity contribution in [1.82, 2.24) is 15.2 Å². The van der Waals surface area contributed by atoms with Gasteiger partial charge in [-0.25, -0.2) is 0 Å². The summed E-state index contributed by atoms with van der Waals surface area (Å²) >= 11 is 0. The van der Waals surface area contributed by atoms with E-state index in [9.17, 15) is 23.1 Å². The van der Waals surface area contributed by atoms with Gasteiger partial charge in [-0.2, -0.15) is 13.2 Å². The molecule has 2 fully saturated rings. The minimum atomic E-state index is -4.44. The van der Waals surface area contributed by atoms with Crippen LogP contribution < -0.4 is 5.32 Å². The molecule has 1 saturated carbocycles. The van der Waals surface area contributed by atoms with E-state index in [1.54, 1.807) is 18.7 Å². The van der Waals surface area contributed by atoms with Crippen molar-refractivity contribution in [2.75, 3.05) is 0 Å². The largest absolute Gasteiger partial charge is 0.417 e. The van der Waals surface area contributed by atoms with Gasteiger partial charge in [0.05, 0.1) is 16.6 Å². The van der Waals surface area contributed by atoms with Crippen LogP contribution in [0.4, 0.5) is 13.2 Å². The molecule has 0 bridgehead atoms. The Morgan fingerprint density at radius 2 is 2.10 bits per heavy atom. The summed E-state index contributed by atoms with van der Waals surface area (Å²) in [7, 11) is 0. The van der Waals surface area contributed by atoms with E-state index in [1.807, 2.05) is 6.92 Å². The maximum absolute atomic E-state index is 13.5. The minimum Gasteiger partial charge on any atom is -0.390 e. The van der Waals surface area contributed by atoms with E-state index in [2.05, 4.69) is 17.2 Å². The van der Waals surface area contributed by atoms with Crippen LogP contribution in [0.5, 0.6) is 0 Å². The molecule has 5 atom stereocenters. The number of hydrogen-bond acceptors (Lipinski definition) is 4. The van der Waals surface area contributed by atoms with Gasteiger partial charge in [-0.05, 0) is 64.0 Å². The summed E-state index contributed by atoms with van der Waals surface area (Å²) in [5.74, 6) is 0.195. The van der Waals surface area contributed by atoms with Crippen molar-refractivity contribution >= 4 is 5.91 Å². The number of amides is 1. The Hall–Kier alpha value is -1.67. The Balaban J connectivity index is 1.50. The van der Waals surface area contributed by atoms with Crippen molar-refractivity contribution in [1.29, 1.82) is 0 Å². The highest BCUT2D eigenvalue weighted by Gasteiger charge is 2.60. The lowest BCUT2D eigenvalue weighted by molar-refractivity contribution is -0.138. The molecule has 8 heteroatoms. The quantitative estimate of drug-likeness (QED) is 0.751. The predicted molar refractivity (Wildman–Crippen MR) is 110 cm³/mol. The number of aliphatic hydroxyl groups is 1. The summed E-state index contributed by atoms with van der Waals surface area (Å²) in [6.45, 7) is 7.94. The molecule has 5 nitrogen and oxygen atoms in total. The number of carbonyl (C=O) groups excluding carboxylic acids is 1. The molecule has 3 heterocycles. The first-order valence-corrected chi connectivity index (χ1v) is 11.1. The summed E-state index contributed by atoms with van der Waals surface area (Å²) in [4.78, 5) is 19.5. The average molecular weight is 440 g/mol. The molecule has 4 rings (SSSR count). The zero-order valence-electron chi connectivity index (χ0n) is 18.6. The first kappa shape index (κ1) is 22.5. The highest BCUT2D eigenvalue weighted by Crippen LogP contribution is 2.54. The fraction of sp³-hybridized carbons (Fsp3) is 0.739. The van der Waals surface area contributed by atoms with Crippen LogP contribution in [0.25, 0.3) is 0 Å². The van der Waals surface area contributed by atoms with Crippen molar-refractivity contribution in [3.05, 3.63) is 29.1 Å². The number of nitrogens with one attached hydrogen (secondary N) is 1. The van der Waals surface area contributed by atoms with E-state index in [0.717, 1.165) is 31.5 Å². The van der Waals surface area contributed by atoms with Gasteiger partial charge in [0.1, 0.15) is 0 Å². The van der Waals surface area contributed by atoms with Crippen molar-refractivity contribution < 1.29 is 23.1 Å². The topological polar surface area (TPSA) is 65.5 Å². The van der Waals surface area contributed by atoms with Gasteiger partial charge in [-0.1, -0.05) is 6.92 Å². The second-order valence-electron chi connectivity index (χ2n) is 10.5. The smallest absolute Gasteiger partial charge is 0.390 e. The Bertz CT molecular complexity index is 867. The molecule has 1 aromatic heterocycles. The number of alkyl halides is 3. The fourth-order valence-corrected chi connectivity index (χ4v) is 6.18. The van der Waals surface area contributed by atoms with Crippen LogP contribution >= 0.6 is 0 Å². The maximum atomic E-state index is 13.5. The van der Waals surface area contributed by atoms with Crippen molar-refractivity contribution in [2.45, 2.75) is 96.2 Å². The Morgan fingerprint density at radius 1 is 1.39 bits per heavy atom. The number of nitrogens with zero attached hydrogens (tertiary/aromatic N) is 2. The van der Waals surface area contributed by atoms with Gasteiger partial charge < -0.3 is 15.3 Å². The summed E-state index contributed by atoms with van der Waals surface area (Å²) in [5, 5.41) is 13.7. The average Bonchev–Trinajstić information content (AvgIpc) is 3.14. The Labute approximate surface area is 181 Å². The van der Waals surface area contributed by atoms with E-state index in [1.165, 1.54) is 0 Å². The van der Waals surface area contributed by atoms with Crippen LogP contribution in [0.1, 0.15) is 70.2 Å². The van der Waals surface area contributed by atoms with Crippen LogP contribution in [0, 0.1) is 11.3 Å². The van der Waals surface area contributed by atoms with Crippen LogP contribution in [-0.2, 0) is 23.9 Å². The molecule has 3 unspecified atom stereocenters. The SMILES string of the molecule is CC(CC(C)(C)O)N[C@@H]1CC[C@@]2(C1)C(=O)N1Cc3cc(C(F)(F)F)cnc3CC1C2C. The van der Waals surface area contributed by atoms with Gasteiger partial charge in [-0.15, -0.1) is 0 Å². The molecule has 0 radical (unpaired) electrons. The molecule has 3 aliphatic rings. The van der Waals surface area contributed by atoms with Gasteiger partial charge in [0.2, 0.25) is 5.91 Å². The summed E-state index contributed by atoms with van der Waals surface area (Å²) in [6.07, 6.45) is -0.00105. The lowest BCUT2D eigenvalue weighted by Gasteiger charge is -2.33. The van der Waals surface area contributed by atoms with Crippen molar-refractivity contribution in [2.24, 2.45) is 11.3 Å². The molecular formula is C23H32F3N3O2. The Kier molecular flexibility index (Phi) is 5.41. The second-order valence-corrected chi connectivity index (χ2v) is 10.5. The fourth-order valence-electron chi connectivity index (χ4n) is 6.18. The third-order valence-electron chi connectivity index (χ3n) is 7.54. The highest BCUT2D eigenvalue weighted by atomic mass is 19.4. The highest BCUT2D eigenvalue weighted by molar-refractivity contribution is 5.87. The van der Waals surface area contributed by atoms with E-state index in [0.29, 0.717) is 24.1 Å². The van der Waals surface area contributed by atoms with Crippen LogP contribution in [0.3, 0.4) is 0 Å². The van der Waals surface area contributed by atoms with Crippen molar-refractivity contribution in [3.8, 4) is 0 Å². The summed E-state index contributed by atoms with van der Waals surface area (Å²) in [6, 6.07) is 1.46. The van der Waals surface area contributed by atoms with Crippen molar-refractivity contribution in [3.63, 3.8) is 0 Å². The summed E-state index contributed by atoms with van der Waals surface area (Å²) < 4.78 is 39.3. The molecule has 31 heavy (non-hydrogen) atoms. The zero-order valence-corrected chi connectivity index (χ0v) is 18.6. The molecule has 1 amide bonds. The number of halogens is 3. The Morgan fingerprint density at radius 3 is 2.74 bits per heavy atom. The lowest BCUT2D eigenvalue weighted by atomic mass is 9.73. The number of carbonyl (C=O) groups is 1. The molecular weight excluding hydrogens is 407 g/mol. The molecule has 2 N–H and O–H groups in total. The second kappa shape index (κ2) is 7.44. The molecule has 1 aromatic rings. The number of aromatic nitrogens is 1. The third-order valence-corrected chi connectivity index (χ3v) is 7.54. The van der Waals surface area contributed by atoms with Crippen LogP contribution in [0.2, 0.25) is 0 Å². The molecule has 1 spiro atoms. The van der Waals surface area contributed by atoms with Crippen LogP contribution in [0.15, 0.2) is 12.3 Å². The van der Waals surface area contributed by atoms with Gasteiger partial charge in [0, 0.05) is 43.0 Å². The lowest BCUT2D eigenvalue weighted by Crippen LogP contribution is -2.41. The number of fused-ring (bicyclic) bond motifs is 2. The monoisotopic (exact) mass is 439 g/mol. The maximum Gasteiger partial charge on any atom is 0.417 e. The standard InChI is InChI=1S/C23H32F3N3O2/c1-13(9-21(3,4)31)28-17-5-6-22(10-17)14(2)19-8-18-15(12-29(19)20(22)30)7-16(11-27-18)23(24,25)26/h7,11,13-14,17,19,28,31H,5-6,8-10,12H2,1-4H3/t13?,14?,17-,19?,22+/m1/s1. The van der Waals surface area contributed by atoms with E-state index in [4.69, 9.17) is 0 Å². The number of hydrogen-bond donors (Lipinski definition) is 2. The first-order valence-electron chi connectivity index (χ1n) is 11.1. The molecule has 172 valence electrons. The van der Waals surface area contributed by atoms with Gasteiger partial charge >= 0.3 is 6.18 Å².